The highest BCUT2D eigenvalue weighted by atomic mass is 32.2. The molecule has 0 atom stereocenters. The van der Waals surface area contributed by atoms with Crippen LogP contribution in [-0.2, 0) is 10.0 Å². The molecule has 0 saturated carbocycles. The van der Waals surface area contributed by atoms with E-state index in [1.165, 1.54) is 12.1 Å². The lowest BCUT2D eigenvalue weighted by Gasteiger charge is -1.99. The normalized spacial score (nSPS) is 11.3. The molecule has 0 saturated heterocycles. The first-order valence-electron chi connectivity index (χ1n) is 3.59. The van der Waals surface area contributed by atoms with Crippen molar-refractivity contribution in [1.82, 2.24) is 0 Å². The third-order valence-electron chi connectivity index (χ3n) is 1.57. The summed E-state index contributed by atoms with van der Waals surface area (Å²) in [6, 6.07) is 3.49. The molecule has 6 nitrogen and oxygen atoms in total. The van der Waals surface area contributed by atoms with Crippen molar-refractivity contribution in [1.29, 1.82) is 0 Å². The van der Waals surface area contributed by atoms with Crippen LogP contribution in [0.1, 0.15) is 5.56 Å². The zero-order valence-electron chi connectivity index (χ0n) is 7.30. The van der Waals surface area contributed by atoms with E-state index in [1.54, 1.807) is 6.92 Å². The number of rotatable bonds is 2. The van der Waals surface area contributed by atoms with Crippen LogP contribution in [0.5, 0.6) is 0 Å². The lowest BCUT2D eigenvalue weighted by atomic mass is 10.2. The molecule has 0 spiro atoms. The van der Waals surface area contributed by atoms with Crippen LogP contribution >= 0.6 is 0 Å². The highest BCUT2D eigenvalue weighted by Crippen LogP contribution is 2.19. The lowest BCUT2D eigenvalue weighted by molar-refractivity contribution is -0.385. The Morgan fingerprint density at radius 2 is 1.93 bits per heavy atom. The number of nitro groups is 1. The van der Waals surface area contributed by atoms with E-state index < -0.39 is 14.9 Å². The van der Waals surface area contributed by atoms with E-state index in [0.29, 0.717) is 5.56 Å². The first-order chi connectivity index (χ1) is 6.30. The van der Waals surface area contributed by atoms with Crippen molar-refractivity contribution in [2.24, 2.45) is 5.14 Å². The van der Waals surface area contributed by atoms with Gasteiger partial charge in [-0.3, -0.25) is 10.1 Å². The van der Waals surface area contributed by atoms with Crippen LogP contribution in [0, 0.1) is 17.0 Å². The summed E-state index contributed by atoms with van der Waals surface area (Å²) in [4.78, 5) is 9.49. The van der Waals surface area contributed by atoms with Gasteiger partial charge in [0.25, 0.3) is 5.69 Å². The lowest BCUT2D eigenvalue weighted by Crippen LogP contribution is -2.12. The van der Waals surface area contributed by atoms with Crippen LogP contribution in [0.3, 0.4) is 0 Å². The topological polar surface area (TPSA) is 103 Å². The Kier molecular flexibility index (Phi) is 2.54. The third-order valence-corrected chi connectivity index (χ3v) is 2.47. The fourth-order valence-corrected chi connectivity index (χ4v) is 1.63. The standard InChI is InChI=1S/C7H8N2O4S/c1-5-2-6(9(10)11)4-7(3-5)14(8,12)13/h2-4H,1H3,(H2,8,12,13). The smallest absolute Gasteiger partial charge is 0.258 e. The molecule has 1 aromatic rings. The van der Waals surface area contributed by atoms with Gasteiger partial charge in [-0.15, -0.1) is 0 Å². The summed E-state index contributed by atoms with van der Waals surface area (Å²) in [5.74, 6) is 0. The van der Waals surface area contributed by atoms with E-state index in [9.17, 15) is 18.5 Å². The predicted octanol–water partition coefficient (Wildman–Crippen LogP) is 0.551. The quantitative estimate of drug-likeness (QED) is 0.575. The second kappa shape index (κ2) is 3.35. The van der Waals surface area contributed by atoms with E-state index in [1.807, 2.05) is 0 Å². The van der Waals surface area contributed by atoms with Gasteiger partial charge in [-0.05, 0) is 18.6 Å². The Morgan fingerprint density at radius 1 is 1.36 bits per heavy atom. The van der Waals surface area contributed by atoms with Crippen molar-refractivity contribution in [2.45, 2.75) is 11.8 Å². The second-order valence-electron chi connectivity index (χ2n) is 2.81. The molecule has 0 fully saturated rings. The van der Waals surface area contributed by atoms with Gasteiger partial charge in [0.1, 0.15) is 0 Å². The molecule has 0 aliphatic rings. The number of hydrogen-bond donors (Lipinski definition) is 1. The molecule has 0 aromatic heterocycles. The van der Waals surface area contributed by atoms with E-state index in [2.05, 4.69) is 0 Å². The molecule has 0 aliphatic carbocycles. The average molecular weight is 216 g/mol. The number of primary sulfonamides is 1. The Balaban J connectivity index is 3.43. The van der Waals surface area contributed by atoms with Crippen molar-refractivity contribution >= 4 is 15.7 Å². The summed E-state index contributed by atoms with van der Waals surface area (Å²) in [5.41, 5.74) is 0.192. The maximum Gasteiger partial charge on any atom is 0.271 e. The molecular formula is C7H8N2O4S. The fraction of sp³-hybridized carbons (Fsp3) is 0.143. The van der Waals surface area contributed by atoms with Crippen molar-refractivity contribution < 1.29 is 13.3 Å². The molecule has 1 aromatic carbocycles. The molecule has 0 aliphatic heterocycles. The minimum absolute atomic E-state index is 0.246. The van der Waals surface area contributed by atoms with Crippen LogP contribution in [0.2, 0.25) is 0 Å². The summed E-state index contributed by atoms with van der Waals surface area (Å²) < 4.78 is 21.8. The number of non-ortho nitro benzene ring substituents is 1. The fourth-order valence-electron chi connectivity index (χ4n) is 0.998. The Morgan fingerprint density at radius 3 is 2.36 bits per heavy atom. The summed E-state index contributed by atoms with van der Waals surface area (Å²) >= 11 is 0. The highest BCUT2D eigenvalue weighted by Gasteiger charge is 2.14. The summed E-state index contributed by atoms with van der Waals surface area (Å²) in [5, 5.41) is 15.2. The average Bonchev–Trinajstić information content (AvgIpc) is 2.01. The number of sulfonamides is 1. The summed E-state index contributed by atoms with van der Waals surface area (Å²) in [6.45, 7) is 1.56. The van der Waals surface area contributed by atoms with Gasteiger partial charge in [0.2, 0.25) is 10.0 Å². The number of nitrogens with two attached hydrogens (primary N) is 1. The largest absolute Gasteiger partial charge is 0.271 e. The number of benzene rings is 1. The molecule has 0 unspecified atom stereocenters. The monoisotopic (exact) mass is 216 g/mol. The molecule has 14 heavy (non-hydrogen) atoms. The summed E-state index contributed by atoms with van der Waals surface area (Å²) in [7, 11) is -3.89. The van der Waals surface area contributed by atoms with Crippen LogP contribution in [0.15, 0.2) is 23.1 Å². The molecule has 7 heteroatoms. The Hall–Kier alpha value is -1.47. The zero-order valence-corrected chi connectivity index (χ0v) is 8.11. The van der Waals surface area contributed by atoms with Crippen molar-refractivity contribution in [2.75, 3.05) is 0 Å². The zero-order chi connectivity index (χ0) is 10.9. The SMILES string of the molecule is Cc1cc([N+](=O)[O-])cc(S(N)(=O)=O)c1. The molecule has 2 N–H and O–H groups in total. The Bertz CT molecular complexity index is 480. The van der Waals surface area contributed by atoms with Gasteiger partial charge in [0, 0.05) is 12.1 Å². The van der Waals surface area contributed by atoms with Crippen LogP contribution < -0.4 is 5.14 Å². The van der Waals surface area contributed by atoms with Gasteiger partial charge in [-0.25, -0.2) is 13.6 Å². The summed E-state index contributed by atoms with van der Waals surface area (Å²) in [6.07, 6.45) is 0. The molecule has 0 radical (unpaired) electrons. The van der Waals surface area contributed by atoms with E-state index in [4.69, 9.17) is 5.14 Å². The van der Waals surface area contributed by atoms with Gasteiger partial charge < -0.3 is 0 Å². The molecule has 0 heterocycles. The first-order valence-corrected chi connectivity index (χ1v) is 5.14. The van der Waals surface area contributed by atoms with E-state index >= 15 is 0 Å². The van der Waals surface area contributed by atoms with Gasteiger partial charge in [0.15, 0.2) is 0 Å². The molecule has 1 rings (SSSR count). The van der Waals surface area contributed by atoms with Gasteiger partial charge in [0.05, 0.1) is 9.82 Å². The number of hydrogen-bond acceptors (Lipinski definition) is 4. The first kappa shape index (κ1) is 10.6. The molecule has 0 bridgehead atoms. The van der Waals surface area contributed by atoms with Crippen LogP contribution in [-0.4, -0.2) is 13.3 Å². The van der Waals surface area contributed by atoms with Gasteiger partial charge >= 0.3 is 0 Å². The molecular weight excluding hydrogens is 208 g/mol. The second-order valence-corrected chi connectivity index (χ2v) is 4.37. The van der Waals surface area contributed by atoms with Crippen molar-refractivity contribution in [3.05, 3.63) is 33.9 Å². The highest BCUT2D eigenvalue weighted by molar-refractivity contribution is 7.89. The number of nitro benzene ring substituents is 1. The maximum atomic E-state index is 10.9. The maximum absolute atomic E-state index is 10.9. The Labute approximate surface area is 80.5 Å². The van der Waals surface area contributed by atoms with Crippen molar-refractivity contribution in [3.63, 3.8) is 0 Å². The molecule has 0 amide bonds. The van der Waals surface area contributed by atoms with Gasteiger partial charge in [-0.1, -0.05) is 0 Å². The van der Waals surface area contributed by atoms with Crippen LogP contribution in [0.4, 0.5) is 5.69 Å². The van der Waals surface area contributed by atoms with Crippen molar-refractivity contribution in [3.8, 4) is 0 Å². The predicted molar refractivity (Wildman–Crippen MR) is 49.2 cm³/mol. The number of nitrogens with zero attached hydrogens (tertiary/aromatic N) is 1. The minimum Gasteiger partial charge on any atom is -0.258 e. The van der Waals surface area contributed by atoms with Crippen LogP contribution in [0.25, 0.3) is 0 Å². The third kappa shape index (κ3) is 2.27. The van der Waals surface area contributed by atoms with Gasteiger partial charge in [-0.2, -0.15) is 0 Å². The number of aryl methyl sites for hydroxylation is 1. The van der Waals surface area contributed by atoms with E-state index in [-0.39, 0.29) is 10.6 Å². The minimum atomic E-state index is -3.89. The van der Waals surface area contributed by atoms with E-state index in [0.717, 1.165) is 6.07 Å². The molecule has 76 valence electrons.